The van der Waals surface area contributed by atoms with E-state index in [2.05, 4.69) is 0 Å². The SMILES string of the molecule is CC(C)(O)C(C)(C)O.Clc1ccccc1.OB(O)O. The maximum absolute atomic E-state index is 9.10. The molecule has 0 aliphatic carbocycles. The van der Waals surface area contributed by atoms with Gasteiger partial charge in [0.15, 0.2) is 0 Å². The summed E-state index contributed by atoms with van der Waals surface area (Å²) in [6.45, 7) is 6.31. The normalized spacial score (nSPS) is 10.6. The molecule has 0 amide bonds. The second-order valence-corrected chi connectivity index (χ2v) is 5.20. The molecule has 19 heavy (non-hydrogen) atoms. The van der Waals surface area contributed by atoms with Crippen molar-refractivity contribution in [2.24, 2.45) is 0 Å². The molecule has 1 rings (SSSR count). The Hall–Kier alpha value is -0.625. The molecule has 0 radical (unpaired) electrons. The second kappa shape index (κ2) is 9.31. The molecule has 0 spiro atoms. The second-order valence-electron chi connectivity index (χ2n) is 4.76. The third kappa shape index (κ3) is 15.3. The van der Waals surface area contributed by atoms with Crippen molar-refractivity contribution in [3.63, 3.8) is 0 Å². The van der Waals surface area contributed by atoms with Gasteiger partial charge in [-0.2, -0.15) is 0 Å². The van der Waals surface area contributed by atoms with Gasteiger partial charge < -0.3 is 25.3 Å². The van der Waals surface area contributed by atoms with E-state index in [4.69, 9.17) is 36.9 Å². The van der Waals surface area contributed by atoms with Gasteiger partial charge >= 0.3 is 7.32 Å². The highest BCUT2D eigenvalue weighted by molar-refractivity contribution is 6.30. The van der Waals surface area contributed by atoms with E-state index in [1.54, 1.807) is 27.7 Å². The van der Waals surface area contributed by atoms with Crippen molar-refractivity contribution >= 4 is 18.9 Å². The zero-order chi connectivity index (χ0) is 15.7. The number of rotatable bonds is 1. The molecule has 0 fully saturated rings. The topological polar surface area (TPSA) is 101 Å². The summed E-state index contributed by atoms with van der Waals surface area (Å²) >= 11 is 5.54. The van der Waals surface area contributed by atoms with E-state index >= 15 is 0 Å². The van der Waals surface area contributed by atoms with E-state index in [-0.39, 0.29) is 0 Å². The molecular formula is C12H22BClO5. The molecule has 1 aromatic rings. The Labute approximate surface area is 119 Å². The smallest absolute Gasteiger partial charge is 0.402 e. The minimum atomic E-state index is -2.17. The molecule has 0 aliphatic heterocycles. The number of benzene rings is 1. The fourth-order valence-electron chi connectivity index (χ4n) is 0.415. The van der Waals surface area contributed by atoms with E-state index < -0.39 is 18.5 Å². The molecule has 0 saturated heterocycles. The third-order valence-corrected chi connectivity index (χ3v) is 2.48. The molecule has 0 atom stereocenters. The Morgan fingerprint density at radius 1 is 0.842 bits per heavy atom. The maximum atomic E-state index is 9.10. The minimum Gasteiger partial charge on any atom is -0.402 e. The van der Waals surface area contributed by atoms with Gasteiger partial charge in [0.2, 0.25) is 0 Å². The maximum Gasteiger partial charge on any atom is 0.631 e. The van der Waals surface area contributed by atoms with Crippen molar-refractivity contribution < 1.29 is 25.3 Å². The Kier molecular flexibility index (Phi) is 10.1. The van der Waals surface area contributed by atoms with Crippen molar-refractivity contribution in [3.8, 4) is 0 Å². The summed E-state index contributed by atoms with van der Waals surface area (Å²) in [7, 11) is -2.17. The van der Waals surface area contributed by atoms with Gasteiger partial charge in [-0.25, -0.2) is 0 Å². The summed E-state index contributed by atoms with van der Waals surface area (Å²) < 4.78 is 0. The van der Waals surface area contributed by atoms with Gasteiger partial charge in [0, 0.05) is 5.02 Å². The van der Waals surface area contributed by atoms with E-state index in [0.29, 0.717) is 0 Å². The summed E-state index contributed by atoms with van der Waals surface area (Å²) in [5.74, 6) is 0. The Morgan fingerprint density at radius 3 is 1.21 bits per heavy atom. The molecule has 5 N–H and O–H groups in total. The first-order valence-corrected chi connectivity index (χ1v) is 5.95. The molecule has 110 valence electrons. The van der Waals surface area contributed by atoms with Crippen LogP contribution in [0.3, 0.4) is 0 Å². The summed E-state index contributed by atoms with van der Waals surface area (Å²) in [5, 5.41) is 40.5. The number of aliphatic hydroxyl groups is 2. The molecule has 0 saturated carbocycles. The van der Waals surface area contributed by atoms with Crippen molar-refractivity contribution in [1.29, 1.82) is 0 Å². The van der Waals surface area contributed by atoms with E-state index in [9.17, 15) is 0 Å². The molecule has 1 aromatic carbocycles. The quantitative estimate of drug-likeness (QED) is 0.493. The number of hydrogen-bond acceptors (Lipinski definition) is 5. The monoisotopic (exact) mass is 292 g/mol. The van der Waals surface area contributed by atoms with Crippen LogP contribution >= 0.6 is 11.6 Å². The van der Waals surface area contributed by atoms with Crippen LogP contribution in [-0.4, -0.2) is 43.8 Å². The summed E-state index contributed by atoms with van der Waals surface area (Å²) in [4.78, 5) is 0. The average molecular weight is 293 g/mol. The summed E-state index contributed by atoms with van der Waals surface area (Å²) in [6, 6.07) is 9.44. The summed E-state index contributed by atoms with van der Waals surface area (Å²) in [6.07, 6.45) is 0. The lowest BCUT2D eigenvalue weighted by molar-refractivity contribution is -0.107. The molecule has 5 nitrogen and oxygen atoms in total. The Balaban J connectivity index is 0. The highest BCUT2D eigenvalue weighted by atomic mass is 35.5. The fraction of sp³-hybridized carbons (Fsp3) is 0.500. The first-order chi connectivity index (χ1) is 8.38. The van der Waals surface area contributed by atoms with Crippen LogP contribution in [0.15, 0.2) is 30.3 Å². The lowest BCUT2D eigenvalue weighted by Gasteiger charge is -2.31. The van der Waals surface area contributed by atoms with E-state index in [1.165, 1.54) is 0 Å². The first-order valence-electron chi connectivity index (χ1n) is 5.57. The Morgan fingerprint density at radius 2 is 1.11 bits per heavy atom. The zero-order valence-corrected chi connectivity index (χ0v) is 12.3. The third-order valence-electron chi connectivity index (χ3n) is 2.23. The lowest BCUT2D eigenvalue weighted by Crippen LogP contribution is -2.44. The average Bonchev–Trinajstić information content (AvgIpc) is 2.15. The van der Waals surface area contributed by atoms with Gasteiger partial charge in [-0.3, -0.25) is 0 Å². The molecule has 0 heterocycles. The van der Waals surface area contributed by atoms with E-state index in [0.717, 1.165) is 5.02 Å². The highest BCUT2D eigenvalue weighted by Crippen LogP contribution is 2.19. The van der Waals surface area contributed by atoms with Gasteiger partial charge in [-0.15, -0.1) is 0 Å². The molecule has 7 heteroatoms. The molecule has 0 aromatic heterocycles. The van der Waals surface area contributed by atoms with Gasteiger partial charge in [0.05, 0.1) is 11.2 Å². The van der Waals surface area contributed by atoms with E-state index in [1.807, 2.05) is 30.3 Å². The highest BCUT2D eigenvalue weighted by Gasteiger charge is 2.31. The van der Waals surface area contributed by atoms with Crippen LogP contribution in [0.4, 0.5) is 0 Å². The zero-order valence-electron chi connectivity index (χ0n) is 11.6. The fourth-order valence-corrected chi connectivity index (χ4v) is 0.560. The number of halogens is 1. The van der Waals surface area contributed by atoms with Crippen molar-refractivity contribution in [1.82, 2.24) is 0 Å². The first kappa shape index (κ1) is 20.7. The predicted octanol–water partition coefficient (Wildman–Crippen LogP) is 0.816. The molecule has 0 bridgehead atoms. The van der Waals surface area contributed by atoms with Crippen LogP contribution in [0.2, 0.25) is 5.02 Å². The van der Waals surface area contributed by atoms with Crippen LogP contribution < -0.4 is 0 Å². The van der Waals surface area contributed by atoms with Crippen LogP contribution in [0, 0.1) is 0 Å². The standard InChI is InChI=1S/C6H5Cl.C6H14O2.BH3O3/c7-6-4-2-1-3-5-6;1-5(2,7)6(3,4)8;2-1(3)4/h1-5H;7-8H,1-4H3;2-4H. The van der Waals surface area contributed by atoms with Crippen molar-refractivity contribution in [2.45, 2.75) is 38.9 Å². The van der Waals surface area contributed by atoms with Gasteiger partial charge in [-0.05, 0) is 39.8 Å². The number of hydrogen-bond donors (Lipinski definition) is 5. The van der Waals surface area contributed by atoms with Crippen LogP contribution in [-0.2, 0) is 0 Å². The molecule has 0 aliphatic rings. The Bertz CT molecular complexity index is 304. The summed E-state index contributed by atoms with van der Waals surface area (Å²) in [5.41, 5.74) is -2.01. The molecule has 0 unspecified atom stereocenters. The van der Waals surface area contributed by atoms with Crippen molar-refractivity contribution in [2.75, 3.05) is 0 Å². The largest absolute Gasteiger partial charge is 0.631 e. The van der Waals surface area contributed by atoms with Gasteiger partial charge in [-0.1, -0.05) is 29.8 Å². The predicted molar refractivity (Wildman–Crippen MR) is 76.5 cm³/mol. The van der Waals surface area contributed by atoms with Crippen LogP contribution in [0.25, 0.3) is 0 Å². The van der Waals surface area contributed by atoms with Crippen molar-refractivity contribution in [3.05, 3.63) is 35.4 Å². The van der Waals surface area contributed by atoms with Crippen LogP contribution in [0.5, 0.6) is 0 Å². The molecular weight excluding hydrogens is 270 g/mol. The van der Waals surface area contributed by atoms with Gasteiger partial charge in [0.1, 0.15) is 0 Å². The minimum absolute atomic E-state index is 0.794. The van der Waals surface area contributed by atoms with Gasteiger partial charge in [0.25, 0.3) is 0 Å². The lowest BCUT2D eigenvalue weighted by atomic mass is 9.90. The van der Waals surface area contributed by atoms with Crippen LogP contribution in [0.1, 0.15) is 27.7 Å².